The lowest BCUT2D eigenvalue weighted by Crippen LogP contribution is -2.02. The smallest absolute Gasteiger partial charge is 0.164 e. The van der Waals surface area contributed by atoms with E-state index in [1.807, 2.05) is 36.4 Å². The molecular formula is C59H38N6. The van der Waals surface area contributed by atoms with Crippen molar-refractivity contribution in [1.29, 1.82) is 0 Å². The molecular weight excluding hydrogens is 793 g/mol. The summed E-state index contributed by atoms with van der Waals surface area (Å²) in [4.78, 5) is 15.6. The van der Waals surface area contributed by atoms with Gasteiger partial charge in [-0.3, -0.25) is 0 Å². The quantitative estimate of drug-likeness (QED) is 0.161. The zero-order valence-corrected chi connectivity index (χ0v) is 35.1. The average Bonchev–Trinajstić information content (AvgIpc) is 4.08. The Morgan fingerprint density at radius 2 is 0.738 bits per heavy atom. The lowest BCUT2D eigenvalue weighted by Gasteiger charge is -2.16. The molecule has 0 atom stereocenters. The van der Waals surface area contributed by atoms with Crippen LogP contribution in [0.5, 0.6) is 0 Å². The highest BCUT2D eigenvalue weighted by Crippen LogP contribution is 2.45. The zero-order chi connectivity index (χ0) is 42.8. The lowest BCUT2D eigenvalue weighted by atomic mass is 10.0. The van der Waals surface area contributed by atoms with Gasteiger partial charge in [0, 0.05) is 66.9 Å². The molecule has 9 aromatic carbocycles. The van der Waals surface area contributed by atoms with Crippen molar-refractivity contribution >= 4 is 54.5 Å². The van der Waals surface area contributed by atoms with Crippen molar-refractivity contribution < 1.29 is 0 Å². The molecule has 4 heterocycles. The first-order valence-corrected chi connectivity index (χ1v) is 21.9. The lowest BCUT2D eigenvalue weighted by molar-refractivity contribution is 1.07. The maximum absolute atomic E-state index is 5.26. The Hall–Kier alpha value is -8.87. The molecule has 0 unspecified atom stereocenters. The van der Waals surface area contributed by atoms with E-state index >= 15 is 0 Å². The molecule has 13 aromatic rings. The van der Waals surface area contributed by atoms with E-state index in [1.54, 1.807) is 0 Å². The van der Waals surface area contributed by atoms with E-state index in [9.17, 15) is 0 Å². The second-order valence-electron chi connectivity index (χ2n) is 16.5. The van der Waals surface area contributed by atoms with Crippen LogP contribution in [0.2, 0.25) is 0 Å². The van der Waals surface area contributed by atoms with Crippen LogP contribution in [-0.4, -0.2) is 28.7 Å². The number of rotatable bonds is 7. The van der Waals surface area contributed by atoms with Crippen LogP contribution in [0.15, 0.2) is 231 Å². The molecule has 13 rings (SSSR count). The third kappa shape index (κ3) is 5.99. The van der Waals surface area contributed by atoms with Gasteiger partial charge < -0.3 is 13.7 Å². The van der Waals surface area contributed by atoms with Crippen LogP contribution in [0.4, 0.5) is 0 Å². The fourth-order valence-electron chi connectivity index (χ4n) is 9.78. The fraction of sp³-hybridized carbons (Fsp3) is 0. The molecule has 0 aliphatic rings. The first-order chi connectivity index (χ1) is 32.2. The Kier molecular flexibility index (Phi) is 8.42. The monoisotopic (exact) mass is 830 g/mol. The van der Waals surface area contributed by atoms with Gasteiger partial charge in [-0.05, 0) is 71.8 Å². The van der Waals surface area contributed by atoms with Crippen molar-refractivity contribution in [1.82, 2.24) is 28.7 Å². The van der Waals surface area contributed by atoms with Gasteiger partial charge in [0.25, 0.3) is 0 Å². The molecule has 6 heteroatoms. The molecule has 0 fully saturated rings. The van der Waals surface area contributed by atoms with E-state index in [0.29, 0.717) is 17.5 Å². The number of hydrogen-bond donors (Lipinski definition) is 0. The van der Waals surface area contributed by atoms with Crippen molar-refractivity contribution in [3.8, 4) is 62.4 Å². The zero-order valence-electron chi connectivity index (χ0n) is 35.1. The molecule has 0 amide bonds. The number of aromatic nitrogens is 6. The van der Waals surface area contributed by atoms with E-state index in [2.05, 4.69) is 208 Å². The van der Waals surface area contributed by atoms with Gasteiger partial charge in [-0.2, -0.15) is 0 Å². The summed E-state index contributed by atoms with van der Waals surface area (Å²) in [5.41, 5.74) is 13.8. The van der Waals surface area contributed by atoms with Crippen molar-refractivity contribution in [2.45, 2.75) is 0 Å². The molecule has 0 saturated carbocycles. The summed E-state index contributed by atoms with van der Waals surface area (Å²) in [5.74, 6) is 1.84. The summed E-state index contributed by atoms with van der Waals surface area (Å²) in [6.45, 7) is 0. The van der Waals surface area contributed by atoms with Gasteiger partial charge in [0.05, 0.1) is 27.6 Å². The molecule has 65 heavy (non-hydrogen) atoms. The Morgan fingerprint density at radius 3 is 1.38 bits per heavy atom. The summed E-state index contributed by atoms with van der Waals surface area (Å²) >= 11 is 0. The SMILES string of the molecule is c1ccc(-c2cc(-c3nc(-c4ccccc4)nc(-c4ccccc4)n3)cc(-n3c4c(ccc5c4ccn5-c4ccccc4)c4ccc5c6ccccc6n(-c6ccccc6)c5c43)c2)cc1. The van der Waals surface area contributed by atoms with Gasteiger partial charge in [0.2, 0.25) is 0 Å². The highest BCUT2D eigenvalue weighted by Gasteiger charge is 2.24. The van der Waals surface area contributed by atoms with E-state index in [1.165, 1.54) is 21.5 Å². The minimum atomic E-state index is 0.599. The van der Waals surface area contributed by atoms with Crippen LogP contribution in [0.1, 0.15) is 0 Å². The second kappa shape index (κ2) is 14.9. The van der Waals surface area contributed by atoms with Crippen molar-refractivity contribution in [2.75, 3.05) is 0 Å². The largest absolute Gasteiger partial charge is 0.316 e. The Morgan fingerprint density at radius 1 is 0.262 bits per heavy atom. The topological polar surface area (TPSA) is 53.5 Å². The van der Waals surface area contributed by atoms with Gasteiger partial charge in [0.15, 0.2) is 17.5 Å². The molecule has 0 aliphatic carbocycles. The van der Waals surface area contributed by atoms with Crippen LogP contribution in [0.3, 0.4) is 0 Å². The molecule has 0 aliphatic heterocycles. The number of para-hydroxylation sites is 3. The average molecular weight is 831 g/mol. The normalized spacial score (nSPS) is 11.7. The maximum Gasteiger partial charge on any atom is 0.164 e. The van der Waals surface area contributed by atoms with Crippen molar-refractivity contribution in [3.63, 3.8) is 0 Å². The van der Waals surface area contributed by atoms with Crippen molar-refractivity contribution in [3.05, 3.63) is 231 Å². The molecule has 0 N–H and O–H groups in total. The molecule has 0 radical (unpaired) electrons. The standard InChI is InChI=1S/C59H38N6/c1-6-18-39(19-7-1)42-36-43(59-61-57(40-20-8-2-9-21-40)60-58(62-59)41-22-10-3-11-23-41)38-46(37-42)65-54-49(32-33-52-51(54)34-35-63(52)44-24-12-4-13-25-44)50-31-30-48-47-28-16-17-29-53(47)64(55(48)56(50)65)45-26-14-5-15-27-45/h1-38H. The minimum Gasteiger partial charge on any atom is -0.316 e. The van der Waals surface area contributed by atoms with Crippen molar-refractivity contribution in [2.24, 2.45) is 0 Å². The summed E-state index contributed by atoms with van der Waals surface area (Å²) in [6, 6.07) is 79.4. The van der Waals surface area contributed by atoms with Gasteiger partial charge >= 0.3 is 0 Å². The predicted molar refractivity (Wildman–Crippen MR) is 267 cm³/mol. The van der Waals surface area contributed by atoms with E-state index in [-0.39, 0.29) is 0 Å². The Bertz CT molecular complexity index is 3850. The van der Waals surface area contributed by atoms with E-state index in [4.69, 9.17) is 15.0 Å². The minimum absolute atomic E-state index is 0.599. The first kappa shape index (κ1) is 36.8. The van der Waals surface area contributed by atoms with Crippen LogP contribution in [0.25, 0.3) is 117 Å². The maximum atomic E-state index is 5.26. The van der Waals surface area contributed by atoms with Gasteiger partial charge in [-0.1, -0.05) is 164 Å². The third-order valence-electron chi connectivity index (χ3n) is 12.7. The van der Waals surface area contributed by atoms with Crippen LogP contribution in [-0.2, 0) is 0 Å². The van der Waals surface area contributed by atoms with Crippen LogP contribution < -0.4 is 0 Å². The first-order valence-electron chi connectivity index (χ1n) is 21.9. The summed E-state index contributed by atoms with van der Waals surface area (Å²) in [5, 5.41) is 5.90. The molecule has 304 valence electrons. The number of nitrogens with zero attached hydrogens (tertiary/aromatic N) is 6. The van der Waals surface area contributed by atoms with Gasteiger partial charge in [0.1, 0.15) is 0 Å². The van der Waals surface area contributed by atoms with E-state index in [0.717, 1.165) is 77.8 Å². The van der Waals surface area contributed by atoms with E-state index < -0.39 is 0 Å². The summed E-state index contributed by atoms with van der Waals surface area (Å²) in [6.07, 6.45) is 2.20. The predicted octanol–water partition coefficient (Wildman–Crippen LogP) is 14.7. The fourth-order valence-corrected chi connectivity index (χ4v) is 9.78. The molecule has 0 spiro atoms. The summed E-state index contributed by atoms with van der Waals surface area (Å²) < 4.78 is 7.25. The highest BCUT2D eigenvalue weighted by atomic mass is 15.1. The number of fused-ring (bicyclic) bond motifs is 9. The van der Waals surface area contributed by atoms with Gasteiger partial charge in [-0.15, -0.1) is 0 Å². The Labute approximate surface area is 374 Å². The molecule has 0 bridgehead atoms. The summed E-state index contributed by atoms with van der Waals surface area (Å²) in [7, 11) is 0. The number of hydrogen-bond acceptors (Lipinski definition) is 3. The number of benzene rings is 9. The van der Waals surface area contributed by atoms with Crippen LogP contribution in [0, 0.1) is 0 Å². The van der Waals surface area contributed by atoms with Crippen LogP contribution >= 0.6 is 0 Å². The Balaban J connectivity index is 1.19. The molecule has 6 nitrogen and oxygen atoms in total. The highest BCUT2D eigenvalue weighted by molar-refractivity contribution is 6.27. The third-order valence-corrected chi connectivity index (χ3v) is 12.7. The molecule has 4 aromatic heterocycles. The second-order valence-corrected chi connectivity index (χ2v) is 16.5. The molecule has 0 saturated heterocycles. The van der Waals surface area contributed by atoms with Gasteiger partial charge in [-0.25, -0.2) is 15.0 Å².